The van der Waals surface area contributed by atoms with Gasteiger partial charge in [-0.2, -0.15) is 0 Å². The molecule has 7 nitrogen and oxygen atoms in total. The quantitative estimate of drug-likeness (QED) is 0.345. The van der Waals surface area contributed by atoms with Crippen LogP contribution in [0.2, 0.25) is 0 Å². The molecular formula is C25H27BrN2O5. The van der Waals surface area contributed by atoms with E-state index in [-0.39, 0.29) is 11.3 Å². The van der Waals surface area contributed by atoms with Crippen LogP contribution in [0, 0.1) is 0 Å². The van der Waals surface area contributed by atoms with Crippen molar-refractivity contribution in [2.75, 3.05) is 46.0 Å². The van der Waals surface area contributed by atoms with Crippen LogP contribution >= 0.6 is 15.9 Å². The van der Waals surface area contributed by atoms with Crippen molar-refractivity contribution in [2.24, 2.45) is 0 Å². The number of hydrogen-bond acceptors (Lipinski definition) is 6. The number of amides is 1. The summed E-state index contributed by atoms with van der Waals surface area (Å²) in [6, 6.07) is 13.7. The van der Waals surface area contributed by atoms with Gasteiger partial charge in [0, 0.05) is 36.2 Å². The van der Waals surface area contributed by atoms with Crippen LogP contribution in [0.4, 0.5) is 0 Å². The highest BCUT2D eigenvalue weighted by Gasteiger charge is 2.46. The molecule has 2 aromatic carbocycles. The molecule has 2 heterocycles. The number of carbonyl (C=O) groups is 2. The van der Waals surface area contributed by atoms with Crippen LogP contribution in [-0.2, 0) is 14.3 Å². The first-order valence-electron chi connectivity index (χ1n) is 11.1. The Hall–Kier alpha value is -2.68. The number of carbonyl (C=O) groups excluding carboxylic acids is 2. The minimum Gasteiger partial charge on any atom is -0.507 e. The monoisotopic (exact) mass is 514 g/mol. The molecule has 8 heteroatoms. The maximum Gasteiger partial charge on any atom is 0.295 e. The van der Waals surface area contributed by atoms with Crippen molar-refractivity contribution in [3.63, 3.8) is 0 Å². The number of ether oxygens (including phenoxy) is 2. The van der Waals surface area contributed by atoms with Crippen LogP contribution in [0.25, 0.3) is 5.76 Å². The lowest BCUT2D eigenvalue weighted by Gasteiger charge is -2.31. The van der Waals surface area contributed by atoms with E-state index < -0.39 is 17.7 Å². The molecule has 0 bridgehead atoms. The van der Waals surface area contributed by atoms with E-state index in [9.17, 15) is 14.7 Å². The molecule has 0 saturated carbocycles. The largest absolute Gasteiger partial charge is 0.507 e. The lowest BCUT2D eigenvalue weighted by atomic mass is 9.95. The van der Waals surface area contributed by atoms with Crippen molar-refractivity contribution in [1.82, 2.24) is 9.80 Å². The Kier molecular flexibility index (Phi) is 7.47. The second kappa shape index (κ2) is 10.5. The van der Waals surface area contributed by atoms with E-state index in [1.165, 1.54) is 0 Å². The fourth-order valence-electron chi connectivity index (χ4n) is 4.21. The van der Waals surface area contributed by atoms with Gasteiger partial charge in [0.1, 0.15) is 11.5 Å². The van der Waals surface area contributed by atoms with Gasteiger partial charge >= 0.3 is 0 Å². The van der Waals surface area contributed by atoms with Gasteiger partial charge in [-0.15, -0.1) is 0 Å². The van der Waals surface area contributed by atoms with E-state index >= 15 is 0 Å². The van der Waals surface area contributed by atoms with E-state index in [0.29, 0.717) is 44.2 Å². The number of hydrogen-bond donors (Lipinski definition) is 1. The predicted octanol–water partition coefficient (Wildman–Crippen LogP) is 3.60. The molecule has 2 saturated heterocycles. The first-order chi connectivity index (χ1) is 16.0. The average Bonchev–Trinajstić information content (AvgIpc) is 3.09. The topological polar surface area (TPSA) is 79.3 Å². The summed E-state index contributed by atoms with van der Waals surface area (Å²) < 4.78 is 11.8. The van der Waals surface area contributed by atoms with Gasteiger partial charge in [0.05, 0.1) is 31.4 Å². The second-order valence-corrected chi connectivity index (χ2v) is 8.87. The molecule has 2 aliphatic heterocycles. The van der Waals surface area contributed by atoms with Gasteiger partial charge in [-0.25, -0.2) is 0 Å². The number of nitrogens with zero attached hydrogens (tertiary/aromatic N) is 2. The Labute approximate surface area is 201 Å². The van der Waals surface area contributed by atoms with Gasteiger partial charge in [0.2, 0.25) is 0 Å². The van der Waals surface area contributed by atoms with Gasteiger partial charge in [0.15, 0.2) is 0 Å². The van der Waals surface area contributed by atoms with Gasteiger partial charge in [-0.05, 0) is 36.8 Å². The van der Waals surface area contributed by atoms with Crippen molar-refractivity contribution in [1.29, 1.82) is 0 Å². The first-order valence-corrected chi connectivity index (χ1v) is 11.9. The normalized spacial score (nSPS) is 20.9. The highest BCUT2D eigenvalue weighted by molar-refractivity contribution is 9.10. The fourth-order valence-corrected chi connectivity index (χ4v) is 4.47. The molecular weight excluding hydrogens is 488 g/mol. The van der Waals surface area contributed by atoms with Crippen molar-refractivity contribution >= 4 is 33.4 Å². The third-order valence-corrected chi connectivity index (χ3v) is 6.45. The van der Waals surface area contributed by atoms with Gasteiger partial charge in [-0.1, -0.05) is 40.2 Å². The van der Waals surface area contributed by atoms with Crippen LogP contribution in [0.15, 0.2) is 58.6 Å². The number of halogens is 1. The Morgan fingerprint density at radius 2 is 1.73 bits per heavy atom. The molecule has 1 atom stereocenters. The molecule has 2 aromatic rings. The van der Waals surface area contributed by atoms with Crippen LogP contribution in [-0.4, -0.2) is 72.6 Å². The molecule has 0 aromatic heterocycles. The number of morpholine rings is 1. The molecule has 0 unspecified atom stereocenters. The maximum atomic E-state index is 13.1. The Morgan fingerprint density at radius 3 is 2.36 bits per heavy atom. The minimum atomic E-state index is -0.676. The summed E-state index contributed by atoms with van der Waals surface area (Å²) in [5.41, 5.74) is 1.34. The number of benzene rings is 2. The second-order valence-electron chi connectivity index (χ2n) is 7.96. The Balaban J connectivity index is 1.71. The molecule has 1 N–H and O–H groups in total. The number of aliphatic hydroxyl groups is 1. The van der Waals surface area contributed by atoms with Crippen LogP contribution in [0.3, 0.4) is 0 Å². The van der Waals surface area contributed by atoms with Crippen LogP contribution in [0.5, 0.6) is 5.75 Å². The van der Waals surface area contributed by atoms with Crippen molar-refractivity contribution < 1.29 is 24.2 Å². The zero-order chi connectivity index (χ0) is 23.4. The Morgan fingerprint density at radius 1 is 1.06 bits per heavy atom. The maximum absolute atomic E-state index is 13.1. The van der Waals surface area contributed by atoms with Crippen LogP contribution < -0.4 is 4.74 Å². The predicted molar refractivity (Wildman–Crippen MR) is 128 cm³/mol. The van der Waals surface area contributed by atoms with Gasteiger partial charge < -0.3 is 19.5 Å². The zero-order valence-electron chi connectivity index (χ0n) is 18.5. The summed E-state index contributed by atoms with van der Waals surface area (Å²) in [7, 11) is 0. The van der Waals surface area contributed by atoms with E-state index in [2.05, 4.69) is 20.8 Å². The number of rotatable bonds is 7. The molecule has 0 radical (unpaired) electrons. The molecule has 1 amide bonds. The standard InChI is InChI=1S/C25H27BrN2O5/c1-2-33-20-9-5-17(6-10-20)22-21(23(29)18-3-7-19(26)8-4-18)24(30)25(31)28(22)12-11-27-13-15-32-16-14-27/h3-10,22,29H,2,11-16H2,1H3/t22-/m0/s1. The van der Waals surface area contributed by atoms with E-state index in [1.54, 1.807) is 29.2 Å². The lowest BCUT2D eigenvalue weighted by molar-refractivity contribution is -0.140. The molecule has 4 rings (SSSR count). The molecule has 2 aliphatic rings. The molecule has 0 aliphatic carbocycles. The van der Waals surface area contributed by atoms with Gasteiger partial charge in [0.25, 0.3) is 11.7 Å². The number of ketones is 1. The number of likely N-dealkylation sites (tertiary alicyclic amines) is 1. The summed E-state index contributed by atoms with van der Waals surface area (Å²) in [6.07, 6.45) is 0. The SMILES string of the molecule is CCOc1ccc([C@H]2C(=C(O)c3ccc(Br)cc3)C(=O)C(=O)N2CCN2CCOCC2)cc1. The average molecular weight is 515 g/mol. The first kappa shape index (κ1) is 23.5. The summed E-state index contributed by atoms with van der Waals surface area (Å²) >= 11 is 3.38. The highest BCUT2D eigenvalue weighted by atomic mass is 79.9. The van der Waals surface area contributed by atoms with Crippen molar-refractivity contribution in [3.8, 4) is 5.75 Å². The lowest BCUT2D eigenvalue weighted by Crippen LogP contribution is -2.42. The molecule has 2 fully saturated rings. The summed E-state index contributed by atoms with van der Waals surface area (Å²) in [4.78, 5) is 30.0. The minimum absolute atomic E-state index is 0.105. The smallest absolute Gasteiger partial charge is 0.295 e. The molecule has 174 valence electrons. The Bertz CT molecular complexity index is 1030. The third kappa shape index (κ3) is 5.13. The van der Waals surface area contributed by atoms with Crippen LogP contribution in [0.1, 0.15) is 24.1 Å². The molecule has 0 spiro atoms. The summed E-state index contributed by atoms with van der Waals surface area (Å²) in [5.74, 6) is -0.731. The summed E-state index contributed by atoms with van der Waals surface area (Å²) in [5, 5.41) is 11.1. The number of aliphatic hydroxyl groups excluding tert-OH is 1. The zero-order valence-corrected chi connectivity index (χ0v) is 20.1. The van der Waals surface area contributed by atoms with E-state index in [4.69, 9.17) is 9.47 Å². The highest BCUT2D eigenvalue weighted by Crippen LogP contribution is 2.39. The third-order valence-electron chi connectivity index (χ3n) is 5.93. The van der Waals surface area contributed by atoms with E-state index in [0.717, 1.165) is 23.1 Å². The van der Waals surface area contributed by atoms with Crippen molar-refractivity contribution in [3.05, 3.63) is 69.7 Å². The van der Waals surface area contributed by atoms with Gasteiger partial charge in [-0.3, -0.25) is 14.5 Å². The molecule has 33 heavy (non-hydrogen) atoms. The fraction of sp³-hybridized carbons (Fsp3) is 0.360. The summed E-state index contributed by atoms with van der Waals surface area (Å²) in [6.45, 7) is 6.35. The van der Waals surface area contributed by atoms with Crippen molar-refractivity contribution in [2.45, 2.75) is 13.0 Å². The van der Waals surface area contributed by atoms with E-state index in [1.807, 2.05) is 31.2 Å². The number of Topliss-reactive ketones (excluding diaryl/α,β-unsaturated/α-hetero) is 1.